The molecule has 0 saturated carbocycles. The van der Waals surface area contributed by atoms with E-state index in [-0.39, 0.29) is 5.54 Å². The summed E-state index contributed by atoms with van der Waals surface area (Å²) < 4.78 is 5.41. The standard InChI is InChI=1S/C11H14N4OS/c1-2-11(4-3-5-13-11)10-14-9(15-16-10)8-6-17-7-12-8/h6-7,13H,2-5H2,1H3. The molecule has 3 heterocycles. The van der Waals surface area contributed by atoms with E-state index >= 15 is 0 Å². The molecule has 1 N–H and O–H groups in total. The van der Waals surface area contributed by atoms with Crippen molar-refractivity contribution in [3.8, 4) is 11.5 Å². The Hall–Kier alpha value is -1.27. The molecule has 0 amide bonds. The second-order valence-electron chi connectivity index (χ2n) is 4.26. The summed E-state index contributed by atoms with van der Waals surface area (Å²) in [6, 6.07) is 0. The molecule has 6 heteroatoms. The summed E-state index contributed by atoms with van der Waals surface area (Å²) in [5.74, 6) is 1.28. The molecule has 1 aliphatic heterocycles. The lowest BCUT2D eigenvalue weighted by atomic mass is 9.94. The summed E-state index contributed by atoms with van der Waals surface area (Å²) in [6.45, 7) is 3.16. The smallest absolute Gasteiger partial charge is 0.247 e. The highest BCUT2D eigenvalue weighted by Crippen LogP contribution is 2.33. The average molecular weight is 250 g/mol. The molecule has 17 heavy (non-hydrogen) atoms. The minimum Gasteiger partial charge on any atom is -0.337 e. The lowest BCUT2D eigenvalue weighted by Crippen LogP contribution is -2.36. The number of rotatable bonds is 3. The fraction of sp³-hybridized carbons (Fsp3) is 0.545. The van der Waals surface area contributed by atoms with E-state index in [9.17, 15) is 0 Å². The first-order valence-corrected chi connectivity index (χ1v) is 6.76. The first-order valence-electron chi connectivity index (χ1n) is 5.82. The highest BCUT2D eigenvalue weighted by molar-refractivity contribution is 7.07. The molecule has 0 radical (unpaired) electrons. The molecule has 0 bridgehead atoms. The molecule has 1 aliphatic rings. The molecule has 0 aliphatic carbocycles. The molecule has 2 aromatic heterocycles. The zero-order valence-corrected chi connectivity index (χ0v) is 10.5. The third-order valence-electron chi connectivity index (χ3n) is 3.34. The van der Waals surface area contributed by atoms with Gasteiger partial charge in [0.2, 0.25) is 11.7 Å². The van der Waals surface area contributed by atoms with Gasteiger partial charge in [-0.05, 0) is 25.8 Å². The number of hydrogen-bond acceptors (Lipinski definition) is 6. The van der Waals surface area contributed by atoms with Gasteiger partial charge in [-0.2, -0.15) is 4.98 Å². The molecule has 1 fully saturated rings. The van der Waals surface area contributed by atoms with Gasteiger partial charge in [-0.15, -0.1) is 11.3 Å². The molecule has 0 spiro atoms. The first kappa shape index (κ1) is 10.9. The van der Waals surface area contributed by atoms with Crippen LogP contribution < -0.4 is 5.32 Å². The minimum absolute atomic E-state index is 0.124. The quantitative estimate of drug-likeness (QED) is 0.904. The van der Waals surface area contributed by atoms with Crippen molar-refractivity contribution in [2.45, 2.75) is 31.7 Å². The van der Waals surface area contributed by atoms with E-state index in [2.05, 4.69) is 27.4 Å². The van der Waals surface area contributed by atoms with Crippen LogP contribution in [-0.2, 0) is 5.54 Å². The number of nitrogens with zero attached hydrogens (tertiary/aromatic N) is 3. The molecular weight excluding hydrogens is 236 g/mol. The van der Waals surface area contributed by atoms with Crippen LogP contribution in [0.25, 0.3) is 11.5 Å². The molecule has 1 unspecified atom stereocenters. The maximum atomic E-state index is 5.41. The van der Waals surface area contributed by atoms with Crippen LogP contribution in [0.1, 0.15) is 32.1 Å². The first-order chi connectivity index (χ1) is 8.34. The van der Waals surface area contributed by atoms with Gasteiger partial charge in [-0.25, -0.2) is 4.98 Å². The molecule has 90 valence electrons. The van der Waals surface area contributed by atoms with Gasteiger partial charge in [0, 0.05) is 5.38 Å². The van der Waals surface area contributed by atoms with Crippen molar-refractivity contribution >= 4 is 11.3 Å². The highest BCUT2D eigenvalue weighted by Gasteiger charge is 2.39. The van der Waals surface area contributed by atoms with Crippen LogP contribution in [0.15, 0.2) is 15.4 Å². The molecule has 1 saturated heterocycles. The summed E-state index contributed by atoms with van der Waals surface area (Å²) in [5.41, 5.74) is 2.44. The van der Waals surface area contributed by atoms with Crippen LogP contribution in [0, 0.1) is 0 Å². The van der Waals surface area contributed by atoms with Gasteiger partial charge in [0.25, 0.3) is 0 Å². The van der Waals surface area contributed by atoms with Gasteiger partial charge in [0.15, 0.2) is 0 Å². The maximum absolute atomic E-state index is 5.41. The number of nitrogens with one attached hydrogen (secondary N) is 1. The Morgan fingerprint density at radius 3 is 3.18 bits per heavy atom. The lowest BCUT2D eigenvalue weighted by Gasteiger charge is -2.22. The Labute approximate surface area is 103 Å². The molecule has 5 nitrogen and oxygen atoms in total. The molecule has 3 rings (SSSR count). The van der Waals surface area contributed by atoms with Crippen molar-refractivity contribution in [3.05, 3.63) is 16.8 Å². The van der Waals surface area contributed by atoms with E-state index in [0.29, 0.717) is 11.7 Å². The zero-order chi connectivity index (χ0) is 11.7. The van der Waals surface area contributed by atoms with Crippen LogP contribution in [0.4, 0.5) is 0 Å². The predicted octanol–water partition coefficient (Wildman–Crippen LogP) is 2.18. The number of hydrogen-bond donors (Lipinski definition) is 1. The predicted molar refractivity (Wildman–Crippen MR) is 64.6 cm³/mol. The van der Waals surface area contributed by atoms with E-state index < -0.39 is 0 Å². The Morgan fingerprint density at radius 2 is 2.53 bits per heavy atom. The van der Waals surface area contributed by atoms with Gasteiger partial charge >= 0.3 is 0 Å². The largest absolute Gasteiger partial charge is 0.337 e. The van der Waals surface area contributed by atoms with E-state index in [1.165, 1.54) is 11.3 Å². The van der Waals surface area contributed by atoms with Crippen molar-refractivity contribution < 1.29 is 4.52 Å². The van der Waals surface area contributed by atoms with Gasteiger partial charge < -0.3 is 9.84 Å². The van der Waals surface area contributed by atoms with Crippen LogP contribution >= 0.6 is 11.3 Å². The summed E-state index contributed by atoms with van der Waals surface area (Å²) in [4.78, 5) is 8.67. The average Bonchev–Trinajstić information content (AvgIpc) is 3.10. The van der Waals surface area contributed by atoms with E-state index in [4.69, 9.17) is 4.52 Å². The fourth-order valence-corrected chi connectivity index (χ4v) is 2.82. The molecular formula is C11H14N4OS. The fourth-order valence-electron chi connectivity index (χ4n) is 2.29. The Kier molecular flexibility index (Phi) is 2.68. The van der Waals surface area contributed by atoms with Gasteiger partial charge in [-0.1, -0.05) is 12.1 Å². The van der Waals surface area contributed by atoms with Crippen molar-refractivity contribution in [2.75, 3.05) is 6.54 Å². The molecule has 2 aromatic rings. The number of thiazole rings is 1. The Morgan fingerprint density at radius 1 is 1.59 bits per heavy atom. The minimum atomic E-state index is -0.124. The second kappa shape index (κ2) is 4.19. The summed E-state index contributed by atoms with van der Waals surface area (Å²) >= 11 is 1.53. The van der Waals surface area contributed by atoms with Crippen molar-refractivity contribution in [1.29, 1.82) is 0 Å². The monoisotopic (exact) mass is 250 g/mol. The Bertz CT molecular complexity index is 487. The normalized spacial score (nSPS) is 24.3. The second-order valence-corrected chi connectivity index (χ2v) is 4.98. The number of aromatic nitrogens is 3. The van der Waals surface area contributed by atoms with Crippen molar-refractivity contribution in [1.82, 2.24) is 20.4 Å². The Balaban J connectivity index is 1.94. The van der Waals surface area contributed by atoms with Gasteiger partial charge in [-0.3, -0.25) is 0 Å². The molecule has 1 atom stereocenters. The van der Waals surface area contributed by atoms with Crippen LogP contribution in [-0.4, -0.2) is 21.7 Å². The summed E-state index contributed by atoms with van der Waals surface area (Å²) in [6.07, 6.45) is 3.18. The third-order valence-corrected chi connectivity index (χ3v) is 3.93. The highest BCUT2D eigenvalue weighted by atomic mass is 32.1. The summed E-state index contributed by atoms with van der Waals surface area (Å²) in [7, 11) is 0. The SMILES string of the molecule is CCC1(c2nc(-c3cscn3)no2)CCCN1. The van der Waals surface area contributed by atoms with Crippen LogP contribution in [0.2, 0.25) is 0 Å². The third kappa shape index (κ3) is 1.77. The van der Waals surface area contributed by atoms with Gasteiger partial charge in [0.05, 0.1) is 11.0 Å². The van der Waals surface area contributed by atoms with E-state index in [1.807, 2.05) is 5.38 Å². The van der Waals surface area contributed by atoms with Gasteiger partial charge in [0.1, 0.15) is 5.69 Å². The zero-order valence-electron chi connectivity index (χ0n) is 9.64. The van der Waals surface area contributed by atoms with Crippen molar-refractivity contribution in [2.24, 2.45) is 0 Å². The van der Waals surface area contributed by atoms with E-state index in [1.54, 1.807) is 5.51 Å². The van der Waals surface area contributed by atoms with Crippen LogP contribution in [0.5, 0.6) is 0 Å². The topological polar surface area (TPSA) is 63.8 Å². The van der Waals surface area contributed by atoms with E-state index in [0.717, 1.165) is 31.5 Å². The summed E-state index contributed by atoms with van der Waals surface area (Å²) in [5, 5.41) is 9.42. The van der Waals surface area contributed by atoms with Crippen LogP contribution in [0.3, 0.4) is 0 Å². The van der Waals surface area contributed by atoms with Crippen molar-refractivity contribution in [3.63, 3.8) is 0 Å². The lowest BCUT2D eigenvalue weighted by molar-refractivity contribution is 0.250. The maximum Gasteiger partial charge on any atom is 0.247 e. The molecule has 0 aromatic carbocycles.